The van der Waals surface area contributed by atoms with Crippen molar-refractivity contribution in [1.29, 1.82) is 0 Å². The van der Waals surface area contributed by atoms with Crippen LogP contribution in [0.5, 0.6) is 0 Å². The van der Waals surface area contributed by atoms with Crippen molar-refractivity contribution < 1.29 is 0 Å². The molecule has 0 aliphatic carbocycles. The first-order chi connectivity index (χ1) is 6.26. The van der Waals surface area contributed by atoms with Crippen molar-refractivity contribution in [2.45, 2.75) is 51.4 Å². The van der Waals surface area contributed by atoms with Gasteiger partial charge in [0.2, 0.25) is 0 Å². The Bertz CT molecular complexity index is 131. The van der Waals surface area contributed by atoms with Crippen molar-refractivity contribution in [2.24, 2.45) is 0 Å². The molecule has 0 aromatic rings. The fourth-order valence-corrected chi connectivity index (χ4v) is 5.63. The van der Waals surface area contributed by atoms with Gasteiger partial charge in [-0.3, -0.25) is 0 Å². The van der Waals surface area contributed by atoms with Crippen LogP contribution in [0.2, 0.25) is 24.2 Å². The van der Waals surface area contributed by atoms with Crippen LogP contribution in [0.1, 0.15) is 27.2 Å². The maximum Gasteiger partial charge on any atom is 0.0540 e. The second-order valence-electron chi connectivity index (χ2n) is 4.51. The van der Waals surface area contributed by atoms with E-state index in [2.05, 4.69) is 25.7 Å². The van der Waals surface area contributed by atoms with E-state index in [0.717, 1.165) is 0 Å². The molecule has 0 unspecified atom stereocenters. The first-order valence-electron chi connectivity index (χ1n) is 5.98. The zero-order valence-electron chi connectivity index (χ0n) is 9.60. The van der Waals surface area contributed by atoms with Crippen molar-refractivity contribution in [1.82, 2.24) is 4.90 Å². The van der Waals surface area contributed by atoms with Gasteiger partial charge in [0.05, 0.1) is 8.07 Å². The van der Waals surface area contributed by atoms with Crippen molar-refractivity contribution in [2.75, 3.05) is 19.6 Å². The minimum absolute atomic E-state index is 0.804. The van der Waals surface area contributed by atoms with E-state index in [0.29, 0.717) is 0 Å². The van der Waals surface area contributed by atoms with Crippen LogP contribution < -0.4 is 0 Å². The van der Waals surface area contributed by atoms with Gasteiger partial charge in [-0.2, -0.15) is 0 Å². The molecule has 0 N–H and O–H groups in total. The third-order valence-corrected chi connectivity index (χ3v) is 9.94. The van der Waals surface area contributed by atoms with Gasteiger partial charge in [0, 0.05) is 0 Å². The normalized spacial score (nSPS) is 18.7. The van der Waals surface area contributed by atoms with E-state index >= 15 is 0 Å². The lowest BCUT2D eigenvalue weighted by atomic mass is 10.2. The molecule has 1 aliphatic rings. The summed E-state index contributed by atoms with van der Waals surface area (Å²) < 4.78 is 0. The summed E-state index contributed by atoms with van der Waals surface area (Å²) in [4.78, 5) is 2.63. The zero-order chi connectivity index (χ0) is 9.73. The molecule has 1 nitrogen and oxygen atoms in total. The predicted octanol–water partition coefficient (Wildman–Crippen LogP) is 3.20. The number of hydrogen-bond acceptors (Lipinski definition) is 1. The molecule has 0 bridgehead atoms. The summed E-state index contributed by atoms with van der Waals surface area (Å²) in [6.07, 6.45) is 1.44. The molecule has 1 heterocycles. The fourth-order valence-electron chi connectivity index (χ4n) is 2.28. The van der Waals surface area contributed by atoms with E-state index in [1.807, 2.05) is 0 Å². The van der Waals surface area contributed by atoms with E-state index in [9.17, 15) is 0 Å². The zero-order valence-corrected chi connectivity index (χ0v) is 10.6. The molecule has 1 fully saturated rings. The van der Waals surface area contributed by atoms with Crippen molar-refractivity contribution in [3.63, 3.8) is 0 Å². The third kappa shape index (κ3) is 2.81. The molecule has 2 heteroatoms. The van der Waals surface area contributed by atoms with E-state index < -0.39 is 8.07 Å². The summed E-state index contributed by atoms with van der Waals surface area (Å²) in [5, 5.41) is 0. The highest BCUT2D eigenvalue weighted by molar-refractivity contribution is 6.79. The molecule has 13 heavy (non-hydrogen) atoms. The van der Waals surface area contributed by atoms with Gasteiger partial charge in [-0.15, -0.1) is 0 Å². The molecular formula is C11H25NSi. The van der Waals surface area contributed by atoms with Crippen LogP contribution in [-0.2, 0) is 0 Å². The number of hydrogen-bond donors (Lipinski definition) is 0. The number of nitrogens with zero attached hydrogens (tertiary/aromatic N) is 1. The van der Waals surface area contributed by atoms with Gasteiger partial charge in [0.1, 0.15) is 0 Å². The third-order valence-electron chi connectivity index (χ3n) is 4.16. The van der Waals surface area contributed by atoms with Crippen molar-refractivity contribution in [3.8, 4) is 0 Å². The van der Waals surface area contributed by atoms with Crippen LogP contribution in [-0.4, -0.2) is 32.6 Å². The summed E-state index contributed by atoms with van der Waals surface area (Å²) in [5.74, 6) is 0. The lowest BCUT2D eigenvalue weighted by molar-refractivity contribution is 0.191. The summed E-state index contributed by atoms with van der Waals surface area (Å²) in [5.41, 5.74) is 0. The van der Waals surface area contributed by atoms with E-state index in [4.69, 9.17) is 0 Å². The Kier molecular flexibility index (Phi) is 4.46. The van der Waals surface area contributed by atoms with Crippen LogP contribution in [0.25, 0.3) is 0 Å². The van der Waals surface area contributed by atoms with Crippen molar-refractivity contribution in [3.05, 3.63) is 0 Å². The van der Waals surface area contributed by atoms with Crippen LogP contribution in [0.3, 0.4) is 0 Å². The Hall–Kier alpha value is 0.177. The fraction of sp³-hybridized carbons (Fsp3) is 1.00. The molecule has 0 spiro atoms. The largest absolute Gasteiger partial charge is 0.304 e. The van der Waals surface area contributed by atoms with E-state index in [-0.39, 0.29) is 0 Å². The molecule has 78 valence electrons. The molecule has 0 aromatic heterocycles. The lowest BCUT2D eigenvalue weighted by Gasteiger charge is -2.35. The molecular weight excluding hydrogens is 174 g/mol. The Morgan fingerprint density at radius 3 is 1.85 bits per heavy atom. The van der Waals surface area contributed by atoms with Crippen LogP contribution in [0, 0.1) is 0 Å². The van der Waals surface area contributed by atoms with E-state index in [1.165, 1.54) is 44.2 Å². The second kappa shape index (κ2) is 5.16. The number of rotatable bonds is 6. The van der Waals surface area contributed by atoms with Gasteiger partial charge in [-0.1, -0.05) is 38.9 Å². The molecule has 0 radical (unpaired) electrons. The topological polar surface area (TPSA) is 3.24 Å². The summed E-state index contributed by atoms with van der Waals surface area (Å²) in [6, 6.07) is 6.03. The summed E-state index contributed by atoms with van der Waals surface area (Å²) in [6.45, 7) is 11.4. The molecule has 0 amide bonds. The minimum atomic E-state index is -0.804. The average Bonchev–Trinajstić information content (AvgIpc) is 2.11. The van der Waals surface area contributed by atoms with Crippen molar-refractivity contribution >= 4 is 8.07 Å². The number of likely N-dealkylation sites (tertiary alicyclic amines) is 1. The maximum absolute atomic E-state index is 2.63. The maximum atomic E-state index is 2.63. The van der Waals surface area contributed by atoms with Crippen LogP contribution in [0.4, 0.5) is 0 Å². The molecule has 0 saturated carbocycles. The average molecular weight is 199 g/mol. The van der Waals surface area contributed by atoms with Gasteiger partial charge in [-0.25, -0.2) is 0 Å². The monoisotopic (exact) mass is 199 g/mol. The highest BCUT2D eigenvalue weighted by Crippen LogP contribution is 2.25. The van der Waals surface area contributed by atoms with Gasteiger partial charge in [0.25, 0.3) is 0 Å². The summed E-state index contributed by atoms with van der Waals surface area (Å²) >= 11 is 0. The molecule has 1 rings (SSSR count). The minimum Gasteiger partial charge on any atom is -0.304 e. The Morgan fingerprint density at radius 2 is 1.54 bits per heavy atom. The SMILES string of the molecule is CC[Si](CC)(CC)CCN1CCC1. The smallest absolute Gasteiger partial charge is 0.0540 e. The molecule has 1 saturated heterocycles. The Labute approximate surface area is 84.5 Å². The molecule has 1 aliphatic heterocycles. The highest BCUT2D eigenvalue weighted by Gasteiger charge is 2.27. The molecule has 0 aromatic carbocycles. The lowest BCUT2D eigenvalue weighted by Crippen LogP contribution is -2.42. The first kappa shape index (κ1) is 11.3. The predicted molar refractivity (Wildman–Crippen MR) is 63.1 cm³/mol. The van der Waals surface area contributed by atoms with Gasteiger partial charge >= 0.3 is 0 Å². The van der Waals surface area contributed by atoms with E-state index in [1.54, 1.807) is 6.04 Å². The quantitative estimate of drug-likeness (QED) is 0.594. The Morgan fingerprint density at radius 1 is 1.00 bits per heavy atom. The van der Waals surface area contributed by atoms with Gasteiger partial charge in [-0.05, 0) is 32.1 Å². The highest BCUT2D eigenvalue weighted by atomic mass is 28.3. The molecule has 0 atom stereocenters. The summed E-state index contributed by atoms with van der Waals surface area (Å²) in [7, 11) is -0.804. The second-order valence-corrected chi connectivity index (χ2v) is 10.1. The first-order valence-corrected chi connectivity index (χ1v) is 8.81. The van der Waals surface area contributed by atoms with Crippen LogP contribution >= 0.6 is 0 Å². The van der Waals surface area contributed by atoms with Gasteiger partial charge < -0.3 is 4.90 Å². The van der Waals surface area contributed by atoms with Gasteiger partial charge in [0.15, 0.2) is 0 Å². The standard InChI is InChI=1S/C11H25NSi/c1-4-13(5-2,6-3)11-10-12-8-7-9-12/h4-11H2,1-3H3. The Balaban J connectivity index is 2.27. The van der Waals surface area contributed by atoms with Crippen LogP contribution in [0.15, 0.2) is 0 Å².